The molecule has 4 saturated heterocycles. The van der Waals surface area contributed by atoms with Gasteiger partial charge in [-0.15, -0.1) is 0 Å². The third-order valence-electron chi connectivity index (χ3n) is 6.31. The number of hydrogen-bond donors (Lipinski definition) is 2. The second-order valence-electron chi connectivity index (χ2n) is 8.90. The number of alkyl halides is 2. The van der Waals surface area contributed by atoms with Crippen LogP contribution in [0.25, 0.3) is 11.3 Å². The molecule has 0 spiro atoms. The van der Waals surface area contributed by atoms with Crippen molar-refractivity contribution >= 4 is 17.6 Å². The maximum absolute atomic E-state index is 12.8. The molecule has 11 heteroatoms. The molecule has 4 aliphatic heterocycles. The molecular formula is C21H26F2N6O3. The van der Waals surface area contributed by atoms with Crippen molar-refractivity contribution in [2.45, 2.75) is 50.5 Å². The van der Waals surface area contributed by atoms with Gasteiger partial charge in [0.05, 0.1) is 30.0 Å². The van der Waals surface area contributed by atoms with Gasteiger partial charge in [-0.25, -0.2) is 9.97 Å². The lowest BCUT2D eigenvalue weighted by molar-refractivity contribution is -0.0494. The van der Waals surface area contributed by atoms with Gasteiger partial charge >= 0.3 is 6.61 Å². The van der Waals surface area contributed by atoms with E-state index in [0.29, 0.717) is 43.3 Å². The summed E-state index contributed by atoms with van der Waals surface area (Å²) in [4.78, 5) is 17.7. The molecule has 6 rings (SSSR count). The molecule has 0 aliphatic carbocycles. The summed E-state index contributed by atoms with van der Waals surface area (Å²) in [6, 6.07) is 3.47. The molecule has 1 unspecified atom stereocenters. The summed E-state index contributed by atoms with van der Waals surface area (Å²) in [5.41, 5.74) is 5.89. The van der Waals surface area contributed by atoms with Gasteiger partial charge in [0.25, 0.3) is 0 Å². The topological polar surface area (TPSA) is 110 Å². The molecule has 2 aromatic heterocycles. The van der Waals surface area contributed by atoms with Gasteiger partial charge in [-0.3, -0.25) is 0 Å². The van der Waals surface area contributed by atoms with E-state index in [-0.39, 0.29) is 23.7 Å². The number of pyridine rings is 1. The van der Waals surface area contributed by atoms with Crippen molar-refractivity contribution in [1.82, 2.24) is 15.0 Å². The van der Waals surface area contributed by atoms with E-state index in [1.54, 1.807) is 6.92 Å². The zero-order chi connectivity index (χ0) is 22.5. The van der Waals surface area contributed by atoms with E-state index in [1.165, 1.54) is 12.3 Å². The molecule has 9 nitrogen and oxygen atoms in total. The predicted octanol–water partition coefficient (Wildman–Crippen LogP) is 2.05. The highest BCUT2D eigenvalue weighted by atomic mass is 19.3. The van der Waals surface area contributed by atoms with E-state index < -0.39 is 12.2 Å². The summed E-state index contributed by atoms with van der Waals surface area (Å²) in [5.74, 6) is 0.895. The number of anilines is 3. The van der Waals surface area contributed by atoms with E-state index in [4.69, 9.17) is 15.5 Å². The Bertz CT molecular complexity index is 999. The molecular weight excluding hydrogens is 422 g/mol. The molecule has 2 aromatic rings. The lowest BCUT2D eigenvalue weighted by atomic mass is 9.97. The van der Waals surface area contributed by atoms with Crippen LogP contribution in [0.15, 0.2) is 18.3 Å². The summed E-state index contributed by atoms with van der Waals surface area (Å²) in [6.07, 6.45) is 4.30. The number of nitrogen functional groups attached to an aromatic ring is 1. The number of aromatic nitrogens is 3. The minimum Gasteiger partial charge on any atom is -0.431 e. The van der Waals surface area contributed by atoms with Crippen LogP contribution in [0.2, 0.25) is 0 Å². The van der Waals surface area contributed by atoms with Crippen molar-refractivity contribution in [3.8, 4) is 17.0 Å². The number of β-amino-alcohol motifs (C(OH)–C–C–N with tert-alkyl or cyclic N) is 1. The van der Waals surface area contributed by atoms with E-state index in [0.717, 1.165) is 25.2 Å². The fourth-order valence-electron chi connectivity index (χ4n) is 4.59. The molecule has 4 fully saturated rings. The maximum Gasteiger partial charge on any atom is 0.387 e. The second kappa shape index (κ2) is 7.96. The van der Waals surface area contributed by atoms with E-state index >= 15 is 0 Å². The summed E-state index contributed by atoms with van der Waals surface area (Å²) in [6.45, 7) is 1.18. The van der Waals surface area contributed by atoms with Gasteiger partial charge in [-0.2, -0.15) is 13.8 Å². The van der Waals surface area contributed by atoms with Crippen molar-refractivity contribution in [3.63, 3.8) is 0 Å². The molecule has 0 amide bonds. The Morgan fingerprint density at radius 3 is 2.78 bits per heavy atom. The van der Waals surface area contributed by atoms with Crippen molar-refractivity contribution in [2.75, 3.05) is 41.8 Å². The van der Waals surface area contributed by atoms with Crippen LogP contribution in [0.4, 0.5) is 26.4 Å². The minimum atomic E-state index is -3.01. The van der Waals surface area contributed by atoms with Gasteiger partial charge in [-0.1, -0.05) is 0 Å². The fraction of sp³-hybridized carbons (Fsp3) is 0.571. The fourth-order valence-corrected chi connectivity index (χ4v) is 4.59. The molecule has 0 aromatic carbocycles. The summed E-state index contributed by atoms with van der Waals surface area (Å²) < 4.78 is 35.9. The van der Waals surface area contributed by atoms with Crippen LogP contribution < -0.4 is 20.3 Å². The number of piperidine rings is 1. The van der Waals surface area contributed by atoms with Crippen LogP contribution in [0, 0.1) is 0 Å². The molecule has 3 atom stereocenters. The smallest absolute Gasteiger partial charge is 0.387 e. The van der Waals surface area contributed by atoms with Crippen LogP contribution in [-0.4, -0.2) is 70.7 Å². The Hall–Kier alpha value is -2.79. The highest BCUT2D eigenvalue weighted by Gasteiger charge is 2.37. The second-order valence-corrected chi connectivity index (χ2v) is 8.90. The molecule has 172 valence electrons. The number of aliphatic hydroxyl groups is 1. The Labute approximate surface area is 184 Å². The monoisotopic (exact) mass is 448 g/mol. The molecule has 3 N–H and O–H groups in total. The van der Waals surface area contributed by atoms with Gasteiger partial charge in [0.2, 0.25) is 5.95 Å². The van der Waals surface area contributed by atoms with Crippen molar-refractivity contribution < 1.29 is 23.4 Å². The van der Waals surface area contributed by atoms with Crippen LogP contribution in [0.3, 0.4) is 0 Å². The van der Waals surface area contributed by atoms with E-state index in [1.807, 2.05) is 11.0 Å². The minimum absolute atomic E-state index is 0.121. The first-order valence-electron chi connectivity index (χ1n) is 10.7. The Morgan fingerprint density at radius 2 is 2.16 bits per heavy atom. The van der Waals surface area contributed by atoms with Crippen molar-refractivity contribution in [1.29, 1.82) is 0 Å². The number of morpholine rings is 1. The molecule has 4 aliphatic rings. The standard InChI is InChI=1S/C21H26F2N6O3/c1-21(30)4-5-28(11-21)20-26-15(12-6-16(32-19(22)23)18(24)25-8-12)7-17(27-20)29-9-14-3-2-13(29)10-31-14/h6-8,13-14,19,30H,2-5,9-11H2,1H3,(H2,24,25)/t13-,14-,21?/m0/s1. The van der Waals surface area contributed by atoms with Gasteiger partial charge in [-0.05, 0) is 32.3 Å². The lowest BCUT2D eigenvalue weighted by Gasteiger charge is -2.45. The average molecular weight is 448 g/mol. The SMILES string of the molecule is CC1(O)CCN(c2nc(-c3cnc(N)c(OC(F)F)c3)cc(N3C[C@@H]4CC[C@H]3CO4)n2)C1. The van der Waals surface area contributed by atoms with Gasteiger partial charge in [0.15, 0.2) is 11.6 Å². The molecule has 0 saturated carbocycles. The predicted molar refractivity (Wildman–Crippen MR) is 114 cm³/mol. The summed E-state index contributed by atoms with van der Waals surface area (Å²) in [5, 5.41) is 10.4. The molecule has 6 heterocycles. The highest BCUT2D eigenvalue weighted by Crippen LogP contribution is 2.35. The zero-order valence-electron chi connectivity index (χ0n) is 17.7. The number of nitrogens with two attached hydrogens (primary N) is 1. The van der Waals surface area contributed by atoms with E-state index in [2.05, 4.69) is 19.6 Å². The number of ether oxygens (including phenoxy) is 2. The Morgan fingerprint density at radius 1 is 1.31 bits per heavy atom. The summed E-state index contributed by atoms with van der Waals surface area (Å²) >= 11 is 0. The third-order valence-corrected chi connectivity index (χ3v) is 6.31. The van der Waals surface area contributed by atoms with Gasteiger partial charge < -0.3 is 30.1 Å². The van der Waals surface area contributed by atoms with E-state index in [9.17, 15) is 13.9 Å². The normalized spacial score (nSPS) is 27.4. The largest absolute Gasteiger partial charge is 0.431 e. The van der Waals surface area contributed by atoms with Crippen LogP contribution in [0.5, 0.6) is 5.75 Å². The summed E-state index contributed by atoms with van der Waals surface area (Å²) in [7, 11) is 0. The van der Waals surface area contributed by atoms with Crippen LogP contribution in [-0.2, 0) is 4.74 Å². The van der Waals surface area contributed by atoms with Gasteiger partial charge in [0.1, 0.15) is 5.82 Å². The first kappa shape index (κ1) is 21.1. The van der Waals surface area contributed by atoms with Crippen LogP contribution in [0.1, 0.15) is 26.2 Å². The van der Waals surface area contributed by atoms with Gasteiger partial charge in [0, 0.05) is 37.5 Å². The number of halogens is 2. The molecule has 2 bridgehead atoms. The Balaban J connectivity index is 1.55. The molecule has 0 radical (unpaired) electrons. The van der Waals surface area contributed by atoms with Crippen molar-refractivity contribution in [2.24, 2.45) is 0 Å². The first-order chi connectivity index (χ1) is 15.3. The lowest BCUT2D eigenvalue weighted by Crippen LogP contribution is -2.55. The van der Waals surface area contributed by atoms with Crippen LogP contribution >= 0.6 is 0 Å². The Kier molecular flexibility index (Phi) is 5.25. The number of fused-ring (bicyclic) bond motifs is 3. The third kappa shape index (κ3) is 4.14. The number of nitrogens with zero attached hydrogens (tertiary/aromatic N) is 5. The first-order valence-corrected chi connectivity index (χ1v) is 10.7. The number of hydrogen-bond acceptors (Lipinski definition) is 9. The number of rotatable bonds is 5. The molecule has 32 heavy (non-hydrogen) atoms. The highest BCUT2D eigenvalue weighted by molar-refractivity contribution is 5.68. The zero-order valence-corrected chi connectivity index (χ0v) is 17.7. The average Bonchev–Trinajstić information content (AvgIpc) is 3.15. The van der Waals surface area contributed by atoms with Crippen molar-refractivity contribution in [3.05, 3.63) is 18.3 Å². The maximum atomic E-state index is 12.8. The quantitative estimate of drug-likeness (QED) is 0.710.